The van der Waals surface area contributed by atoms with Gasteiger partial charge >= 0.3 is 5.69 Å². The second-order valence-corrected chi connectivity index (χ2v) is 6.79. The van der Waals surface area contributed by atoms with E-state index in [0.29, 0.717) is 21.9 Å². The zero-order chi connectivity index (χ0) is 20.2. The number of imidazole rings is 1. The maximum absolute atomic E-state index is 12.4. The molecule has 146 valence electrons. The van der Waals surface area contributed by atoms with Crippen LogP contribution >= 0.6 is 0 Å². The number of carbonyl (C=O) groups is 1. The van der Waals surface area contributed by atoms with Crippen molar-refractivity contribution in [1.29, 1.82) is 0 Å². The zero-order valence-electron chi connectivity index (χ0n) is 16.0. The minimum absolute atomic E-state index is 0.0353. The molecular formula is C22H21N4O3+. The van der Waals surface area contributed by atoms with Gasteiger partial charge in [0, 0.05) is 24.5 Å². The van der Waals surface area contributed by atoms with E-state index in [1.807, 2.05) is 18.2 Å². The molecule has 2 aromatic carbocycles. The van der Waals surface area contributed by atoms with Crippen molar-refractivity contribution in [3.8, 4) is 5.69 Å². The van der Waals surface area contributed by atoms with Gasteiger partial charge in [-0.25, -0.2) is 9.82 Å². The number of fused-ring (bicyclic) bond motifs is 1. The number of nitrogens with one attached hydrogen (secondary N) is 1. The highest BCUT2D eigenvalue weighted by Crippen LogP contribution is 2.30. The monoisotopic (exact) mass is 389 g/mol. The first-order valence-electron chi connectivity index (χ1n) is 9.36. The van der Waals surface area contributed by atoms with Gasteiger partial charge in [0.1, 0.15) is 5.69 Å². The van der Waals surface area contributed by atoms with Crippen LogP contribution in [0.3, 0.4) is 0 Å². The van der Waals surface area contributed by atoms with Gasteiger partial charge < -0.3 is 9.88 Å². The zero-order valence-corrected chi connectivity index (χ0v) is 16.0. The number of aryl methyl sites for hydroxylation is 1. The molecule has 0 bridgehead atoms. The van der Waals surface area contributed by atoms with Crippen molar-refractivity contribution in [2.45, 2.75) is 18.9 Å². The fraction of sp³-hybridized carbons (Fsp3) is 0.182. The van der Waals surface area contributed by atoms with Gasteiger partial charge in [-0.3, -0.25) is 4.79 Å². The quantitative estimate of drug-likeness (QED) is 0.516. The summed E-state index contributed by atoms with van der Waals surface area (Å²) in [6, 6.07) is 13.5. The molecule has 1 heterocycles. The second kappa shape index (κ2) is 8.10. The Hall–Kier alpha value is -3.74. The summed E-state index contributed by atoms with van der Waals surface area (Å²) in [7, 11) is 1.31. The summed E-state index contributed by atoms with van der Waals surface area (Å²) in [6.07, 6.45) is 10.0. The number of hydrogen-bond acceptors (Lipinski definition) is 4. The Morgan fingerprint density at radius 3 is 2.97 bits per heavy atom. The highest BCUT2D eigenvalue weighted by Gasteiger charge is 2.23. The number of carbonyl (C=O) groups excluding carboxylic acids is 1. The number of nitrogens with zero attached hydrogens (tertiary/aromatic N) is 3. The molecule has 1 aliphatic carbocycles. The first-order valence-corrected chi connectivity index (χ1v) is 9.36. The van der Waals surface area contributed by atoms with E-state index in [-0.39, 0.29) is 11.9 Å². The molecule has 0 spiro atoms. The van der Waals surface area contributed by atoms with Crippen molar-refractivity contribution in [2.75, 3.05) is 7.11 Å². The molecule has 1 N–H and O–H groups in total. The Balaban J connectivity index is 1.51. The van der Waals surface area contributed by atoms with Crippen LogP contribution in [0.5, 0.6) is 0 Å². The third-order valence-corrected chi connectivity index (χ3v) is 5.02. The summed E-state index contributed by atoms with van der Waals surface area (Å²) < 4.78 is 1.72. The van der Waals surface area contributed by atoms with E-state index in [1.165, 1.54) is 24.3 Å². The van der Waals surface area contributed by atoms with E-state index >= 15 is 0 Å². The molecule has 0 saturated heterocycles. The molecule has 0 aliphatic heterocycles. The smallest absolute Gasteiger partial charge is 0.341 e. The lowest BCUT2D eigenvalue weighted by Crippen LogP contribution is -2.25. The molecule has 1 atom stereocenters. The summed E-state index contributed by atoms with van der Waals surface area (Å²) in [4.78, 5) is 33.8. The van der Waals surface area contributed by atoms with Crippen LogP contribution < -0.4 is 5.32 Å². The number of amides is 1. The maximum Gasteiger partial charge on any atom is 0.341 e. The molecule has 4 rings (SSSR count). The van der Waals surface area contributed by atoms with Crippen LogP contribution in [-0.2, 0) is 16.1 Å². The Labute approximate surface area is 168 Å². The molecule has 1 aromatic heterocycles. The summed E-state index contributed by atoms with van der Waals surface area (Å²) >= 11 is 0. The van der Waals surface area contributed by atoms with E-state index in [2.05, 4.69) is 22.4 Å². The maximum atomic E-state index is 12.4. The average Bonchev–Trinajstić information content (AvgIpc) is 3.42. The Bertz CT molecular complexity index is 1070. The molecule has 7 heteroatoms. The standard InChI is InChI=1S/C22H20N4O3/c1-29-26(28)21-14-16(6-10-20(21)25-13-12-23-15-25)7-11-22(27)24-19-9-8-17-4-2-3-5-18(17)19/h2-7,10-15,19H,8-9H2,1H3/p+1. The van der Waals surface area contributed by atoms with Crippen molar-refractivity contribution in [1.82, 2.24) is 14.9 Å². The fourth-order valence-corrected chi connectivity index (χ4v) is 3.61. The lowest BCUT2D eigenvalue weighted by Gasteiger charge is -2.12. The summed E-state index contributed by atoms with van der Waals surface area (Å²) in [6.45, 7) is 0. The highest BCUT2D eigenvalue weighted by molar-refractivity contribution is 5.92. The minimum Gasteiger partial charge on any atom is -0.346 e. The number of rotatable bonds is 6. The van der Waals surface area contributed by atoms with Crippen LogP contribution in [0.25, 0.3) is 11.8 Å². The second-order valence-electron chi connectivity index (χ2n) is 6.79. The van der Waals surface area contributed by atoms with E-state index in [1.54, 1.807) is 41.5 Å². The van der Waals surface area contributed by atoms with E-state index in [0.717, 1.165) is 12.8 Å². The molecule has 3 aromatic rings. The Morgan fingerprint density at radius 1 is 1.31 bits per heavy atom. The lowest BCUT2D eigenvalue weighted by atomic mass is 10.1. The van der Waals surface area contributed by atoms with Gasteiger partial charge in [0.25, 0.3) is 4.92 Å². The van der Waals surface area contributed by atoms with E-state index in [4.69, 9.17) is 4.84 Å². The average molecular weight is 389 g/mol. The van der Waals surface area contributed by atoms with Gasteiger partial charge in [0.05, 0.1) is 17.3 Å². The van der Waals surface area contributed by atoms with Gasteiger partial charge in [-0.1, -0.05) is 30.3 Å². The van der Waals surface area contributed by atoms with Crippen LogP contribution in [0.4, 0.5) is 5.69 Å². The fourth-order valence-electron chi connectivity index (χ4n) is 3.61. The normalized spacial score (nSPS) is 15.3. The van der Waals surface area contributed by atoms with Crippen molar-refractivity contribution in [2.24, 2.45) is 0 Å². The van der Waals surface area contributed by atoms with Crippen LogP contribution in [-0.4, -0.2) is 27.5 Å². The molecule has 1 amide bonds. The molecule has 7 nitrogen and oxygen atoms in total. The summed E-state index contributed by atoms with van der Waals surface area (Å²) in [5, 5.41) is 3.05. The van der Waals surface area contributed by atoms with Crippen LogP contribution in [0.2, 0.25) is 0 Å². The summed E-state index contributed by atoms with van der Waals surface area (Å²) in [5.74, 6) is -0.169. The Morgan fingerprint density at radius 2 is 2.17 bits per heavy atom. The third kappa shape index (κ3) is 3.94. The number of aromatic nitrogens is 2. The third-order valence-electron chi connectivity index (χ3n) is 5.02. The van der Waals surface area contributed by atoms with E-state index in [9.17, 15) is 9.70 Å². The molecule has 29 heavy (non-hydrogen) atoms. The highest BCUT2D eigenvalue weighted by atomic mass is 16.8. The van der Waals surface area contributed by atoms with Crippen molar-refractivity contribution >= 4 is 17.7 Å². The molecule has 1 unspecified atom stereocenters. The topological polar surface area (TPSA) is 76.2 Å². The molecule has 0 radical (unpaired) electrons. The van der Waals surface area contributed by atoms with Crippen LogP contribution in [0.15, 0.2) is 67.3 Å². The molecule has 1 aliphatic rings. The number of benzene rings is 2. The molecule has 0 saturated carbocycles. The van der Waals surface area contributed by atoms with Crippen LogP contribution in [0.1, 0.15) is 29.2 Å². The largest absolute Gasteiger partial charge is 0.346 e. The molecule has 0 fully saturated rings. The van der Waals surface area contributed by atoms with Gasteiger partial charge in [0.2, 0.25) is 5.91 Å². The SMILES string of the molecule is CO[N+](=O)c1cc(C=CC(=O)NC2CCc3ccccc32)ccc1-n1ccnc1. The van der Waals surface area contributed by atoms with Crippen LogP contribution in [0, 0.1) is 4.91 Å². The van der Waals surface area contributed by atoms with Crippen molar-refractivity contribution in [3.05, 3.63) is 88.9 Å². The first-order chi connectivity index (χ1) is 14.2. The van der Waals surface area contributed by atoms with Crippen molar-refractivity contribution < 1.29 is 14.6 Å². The summed E-state index contributed by atoms with van der Waals surface area (Å²) in [5.41, 5.74) is 4.13. The first kappa shape index (κ1) is 18.6. The molecular weight excluding hydrogens is 368 g/mol. The predicted molar refractivity (Wildman–Crippen MR) is 109 cm³/mol. The van der Waals surface area contributed by atoms with Gasteiger partial charge in [-0.2, -0.15) is 0 Å². The van der Waals surface area contributed by atoms with Gasteiger partial charge in [0.15, 0.2) is 7.11 Å². The lowest BCUT2D eigenvalue weighted by molar-refractivity contribution is -0.736. The predicted octanol–water partition coefficient (Wildman–Crippen LogP) is 3.66. The van der Waals surface area contributed by atoms with E-state index < -0.39 is 0 Å². The number of hydrogen-bond donors (Lipinski definition) is 1. The minimum atomic E-state index is -0.169. The Kier molecular flexibility index (Phi) is 5.20. The van der Waals surface area contributed by atoms with Crippen molar-refractivity contribution in [3.63, 3.8) is 0 Å². The van der Waals surface area contributed by atoms with Gasteiger partial charge in [-0.15, -0.1) is 0 Å². The van der Waals surface area contributed by atoms with Gasteiger partial charge in [-0.05, 0) is 41.7 Å².